The number of nitrogens with one attached hydrogen (secondary N) is 1. The predicted molar refractivity (Wildman–Crippen MR) is 55.2 cm³/mol. The Morgan fingerprint density at radius 3 is 3.15 bits per heavy atom. The summed E-state index contributed by atoms with van der Waals surface area (Å²) in [6, 6.07) is 6.08. The Labute approximate surface area is 81.7 Å². The maximum absolute atomic E-state index is 10.9. The quantitative estimate of drug-likeness (QED) is 0.741. The third-order valence-corrected chi connectivity index (χ3v) is 3.20. The first kappa shape index (κ1) is 8.63. The number of hydrogen-bond acceptors (Lipinski definition) is 2. The maximum atomic E-state index is 10.9. The number of rotatable bonds is 1. The van der Waals surface area contributed by atoms with Gasteiger partial charge in [0.15, 0.2) is 0 Å². The molecule has 1 aliphatic rings. The van der Waals surface area contributed by atoms with Crippen LogP contribution >= 0.6 is 11.8 Å². The molecule has 0 aromatic heterocycles. The van der Waals surface area contributed by atoms with E-state index in [1.54, 1.807) is 6.92 Å². The molecule has 68 valence electrons. The van der Waals surface area contributed by atoms with Crippen molar-refractivity contribution < 1.29 is 4.79 Å². The molecule has 0 saturated heterocycles. The van der Waals surface area contributed by atoms with Crippen molar-refractivity contribution in [2.45, 2.75) is 18.2 Å². The fourth-order valence-corrected chi connectivity index (χ4v) is 2.66. The van der Waals surface area contributed by atoms with Gasteiger partial charge in [0.1, 0.15) is 0 Å². The highest BCUT2D eigenvalue weighted by Gasteiger charge is 2.15. The number of benzene rings is 1. The van der Waals surface area contributed by atoms with Gasteiger partial charge in [0.25, 0.3) is 0 Å². The molecule has 2 nitrogen and oxygen atoms in total. The summed E-state index contributed by atoms with van der Waals surface area (Å²) in [5, 5.41) is 2.85. The Morgan fingerprint density at radius 2 is 2.38 bits per heavy atom. The van der Waals surface area contributed by atoms with Crippen molar-refractivity contribution in [1.82, 2.24) is 0 Å². The molecular formula is C10H11NOS. The van der Waals surface area contributed by atoms with Gasteiger partial charge in [0.2, 0.25) is 5.91 Å². The SMILES string of the molecule is CC(=O)Nc1cccc2c1SCC2. The summed E-state index contributed by atoms with van der Waals surface area (Å²) in [4.78, 5) is 12.1. The second-order valence-electron chi connectivity index (χ2n) is 3.07. The van der Waals surface area contributed by atoms with Gasteiger partial charge in [0, 0.05) is 17.6 Å². The van der Waals surface area contributed by atoms with Crippen molar-refractivity contribution >= 4 is 23.4 Å². The molecule has 0 atom stereocenters. The third-order valence-electron chi connectivity index (χ3n) is 2.03. The van der Waals surface area contributed by atoms with E-state index in [1.807, 2.05) is 23.9 Å². The van der Waals surface area contributed by atoms with Crippen LogP contribution in [-0.4, -0.2) is 11.7 Å². The fraction of sp³-hybridized carbons (Fsp3) is 0.300. The molecule has 0 spiro atoms. The lowest BCUT2D eigenvalue weighted by Crippen LogP contribution is -2.06. The first-order chi connectivity index (χ1) is 6.27. The van der Waals surface area contributed by atoms with Crippen molar-refractivity contribution in [3.05, 3.63) is 23.8 Å². The summed E-state index contributed by atoms with van der Waals surface area (Å²) < 4.78 is 0. The van der Waals surface area contributed by atoms with Gasteiger partial charge in [-0.25, -0.2) is 0 Å². The van der Waals surface area contributed by atoms with E-state index < -0.39 is 0 Å². The lowest BCUT2D eigenvalue weighted by Gasteiger charge is -2.06. The zero-order chi connectivity index (χ0) is 9.26. The number of hydrogen-bond donors (Lipinski definition) is 1. The minimum Gasteiger partial charge on any atom is -0.325 e. The number of carbonyl (C=O) groups is 1. The monoisotopic (exact) mass is 193 g/mol. The van der Waals surface area contributed by atoms with Crippen molar-refractivity contribution in [3.63, 3.8) is 0 Å². The maximum Gasteiger partial charge on any atom is 0.221 e. The zero-order valence-electron chi connectivity index (χ0n) is 7.46. The fourth-order valence-electron chi connectivity index (χ4n) is 1.50. The van der Waals surface area contributed by atoms with Gasteiger partial charge >= 0.3 is 0 Å². The number of carbonyl (C=O) groups excluding carboxylic acids is 1. The smallest absolute Gasteiger partial charge is 0.221 e. The van der Waals surface area contributed by atoms with E-state index in [1.165, 1.54) is 10.5 Å². The highest BCUT2D eigenvalue weighted by molar-refractivity contribution is 7.99. The van der Waals surface area contributed by atoms with E-state index in [4.69, 9.17) is 0 Å². The molecular weight excluding hydrogens is 182 g/mol. The second kappa shape index (κ2) is 3.42. The van der Waals surface area contributed by atoms with Crippen LogP contribution in [0.3, 0.4) is 0 Å². The van der Waals surface area contributed by atoms with Crippen molar-refractivity contribution in [1.29, 1.82) is 0 Å². The van der Waals surface area contributed by atoms with Gasteiger partial charge in [-0.3, -0.25) is 4.79 Å². The molecule has 0 unspecified atom stereocenters. The first-order valence-electron chi connectivity index (χ1n) is 4.29. The molecule has 1 amide bonds. The van der Waals surface area contributed by atoms with Gasteiger partial charge in [-0.05, 0) is 18.1 Å². The highest BCUT2D eigenvalue weighted by Crippen LogP contribution is 2.37. The van der Waals surface area contributed by atoms with Gasteiger partial charge in [-0.1, -0.05) is 12.1 Å². The van der Waals surface area contributed by atoms with Crippen molar-refractivity contribution in [2.24, 2.45) is 0 Å². The van der Waals surface area contributed by atoms with Gasteiger partial charge < -0.3 is 5.32 Å². The summed E-state index contributed by atoms with van der Waals surface area (Å²) in [5.41, 5.74) is 2.32. The van der Waals surface area contributed by atoms with Crippen LogP contribution in [0.4, 0.5) is 5.69 Å². The number of aryl methyl sites for hydroxylation is 1. The molecule has 1 aromatic carbocycles. The number of thioether (sulfide) groups is 1. The number of fused-ring (bicyclic) bond motifs is 1. The molecule has 1 aromatic rings. The molecule has 2 rings (SSSR count). The summed E-state index contributed by atoms with van der Waals surface area (Å²) in [6.45, 7) is 1.54. The minimum absolute atomic E-state index is 0.000833. The van der Waals surface area contributed by atoms with Crippen molar-refractivity contribution in [2.75, 3.05) is 11.1 Å². The normalized spacial score (nSPS) is 13.9. The average molecular weight is 193 g/mol. The summed E-state index contributed by atoms with van der Waals surface area (Å²) in [7, 11) is 0. The van der Waals surface area contributed by atoms with Crippen molar-refractivity contribution in [3.8, 4) is 0 Å². The number of anilines is 1. The van der Waals surface area contributed by atoms with Crippen LogP contribution in [-0.2, 0) is 11.2 Å². The molecule has 0 fully saturated rings. The molecule has 0 bridgehead atoms. The average Bonchev–Trinajstić information content (AvgIpc) is 2.51. The summed E-state index contributed by atoms with van der Waals surface area (Å²) >= 11 is 1.82. The topological polar surface area (TPSA) is 29.1 Å². The minimum atomic E-state index is 0.000833. The van der Waals surface area contributed by atoms with E-state index in [0.717, 1.165) is 17.9 Å². The largest absolute Gasteiger partial charge is 0.325 e. The van der Waals surface area contributed by atoms with Crippen LogP contribution in [0.25, 0.3) is 0 Å². The summed E-state index contributed by atoms with van der Waals surface area (Å²) in [6.07, 6.45) is 1.12. The second-order valence-corrected chi connectivity index (χ2v) is 4.18. The van der Waals surface area contributed by atoms with Crippen LogP contribution in [0.15, 0.2) is 23.1 Å². The first-order valence-corrected chi connectivity index (χ1v) is 5.28. The Hall–Kier alpha value is -0.960. The van der Waals surface area contributed by atoms with Crippen LogP contribution < -0.4 is 5.32 Å². The standard InChI is InChI=1S/C10H11NOS/c1-7(12)11-9-4-2-3-8-5-6-13-10(8)9/h2-4H,5-6H2,1H3,(H,11,12). The Kier molecular flexibility index (Phi) is 2.27. The lowest BCUT2D eigenvalue weighted by molar-refractivity contribution is -0.114. The molecule has 1 N–H and O–H groups in total. The molecule has 13 heavy (non-hydrogen) atoms. The predicted octanol–water partition coefficient (Wildman–Crippen LogP) is 2.29. The van der Waals surface area contributed by atoms with E-state index >= 15 is 0 Å². The van der Waals surface area contributed by atoms with Gasteiger partial charge in [-0.15, -0.1) is 11.8 Å². The van der Waals surface area contributed by atoms with E-state index in [9.17, 15) is 4.79 Å². The number of amides is 1. The van der Waals surface area contributed by atoms with Crippen LogP contribution in [0, 0.1) is 0 Å². The highest BCUT2D eigenvalue weighted by atomic mass is 32.2. The zero-order valence-corrected chi connectivity index (χ0v) is 8.28. The van der Waals surface area contributed by atoms with E-state index in [2.05, 4.69) is 11.4 Å². The lowest BCUT2D eigenvalue weighted by atomic mass is 10.1. The van der Waals surface area contributed by atoms with Crippen LogP contribution in [0.5, 0.6) is 0 Å². The summed E-state index contributed by atoms with van der Waals surface area (Å²) in [5.74, 6) is 1.13. The van der Waals surface area contributed by atoms with Gasteiger partial charge in [0.05, 0.1) is 5.69 Å². The third kappa shape index (κ3) is 1.70. The molecule has 3 heteroatoms. The molecule has 0 aliphatic carbocycles. The Balaban J connectivity index is 2.36. The van der Waals surface area contributed by atoms with Gasteiger partial charge in [-0.2, -0.15) is 0 Å². The van der Waals surface area contributed by atoms with Crippen LogP contribution in [0.1, 0.15) is 12.5 Å². The Bertz CT molecular complexity index is 349. The van der Waals surface area contributed by atoms with Crippen LogP contribution in [0.2, 0.25) is 0 Å². The van der Waals surface area contributed by atoms with E-state index in [0.29, 0.717) is 0 Å². The molecule has 0 saturated carbocycles. The molecule has 0 radical (unpaired) electrons. The molecule has 1 heterocycles. The Morgan fingerprint density at radius 1 is 1.54 bits per heavy atom. The van der Waals surface area contributed by atoms with E-state index in [-0.39, 0.29) is 5.91 Å². The molecule has 1 aliphatic heterocycles.